The molecule has 7 heteroatoms. The van der Waals surface area contributed by atoms with E-state index in [1.165, 1.54) is 18.2 Å². The van der Waals surface area contributed by atoms with Gasteiger partial charge in [0.1, 0.15) is 5.75 Å². The highest BCUT2D eigenvalue weighted by molar-refractivity contribution is 7.94. The summed E-state index contributed by atoms with van der Waals surface area (Å²) >= 11 is 0. The van der Waals surface area contributed by atoms with E-state index in [2.05, 4.69) is 4.72 Å². The molecule has 0 aliphatic carbocycles. The Kier molecular flexibility index (Phi) is 3.62. The summed E-state index contributed by atoms with van der Waals surface area (Å²) in [6, 6.07) is 4.20. The molecule has 1 rings (SSSR count). The van der Waals surface area contributed by atoms with Gasteiger partial charge in [-0.2, -0.15) is 0 Å². The fraction of sp³-hybridized carbons (Fsp3) is 0.300. The Balaban J connectivity index is 2.98. The SMILES string of the molecule is Cc1ccc(NS(=O)(=O)C(C)C(=O)O)cc1O. The molecule has 0 aromatic heterocycles. The van der Waals surface area contributed by atoms with Crippen LogP contribution in [0.15, 0.2) is 18.2 Å². The maximum atomic E-state index is 11.6. The van der Waals surface area contributed by atoms with E-state index in [4.69, 9.17) is 5.11 Å². The van der Waals surface area contributed by atoms with Gasteiger partial charge in [-0.3, -0.25) is 9.52 Å². The Morgan fingerprint density at radius 1 is 1.41 bits per heavy atom. The maximum absolute atomic E-state index is 11.6. The first-order valence-electron chi connectivity index (χ1n) is 4.78. The first kappa shape index (κ1) is 13.3. The van der Waals surface area contributed by atoms with Crippen molar-refractivity contribution in [3.05, 3.63) is 23.8 Å². The highest BCUT2D eigenvalue weighted by atomic mass is 32.2. The Hall–Kier alpha value is -1.76. The molecule has 0 fully saturated rings. The monoisotopic (exact) mass is 259 g/mol. The number of hydrogen-bond acceptors (Lipinski definition) is 4. The van der Waals surface area contributed by atoms with E-state index >= 15 is 0 Å². The molecule has 17 heavy (non-hydrogen) atoms. The van der Waals surface area contributed by atoms with Gasteiger partial charge in [0.15, 0.2) is 5.25 Å². The van der Waals surface area contributed by atoms with E-state index in [-0.39, 0.29) is 11.4 Å². The molecular formula is C10H13NO5S. The summed E-state index contributed by atoms with van der Waals surface area (Å²) in [5.74, 6) is -1.50. The van der Waals surface area contributed by atoms with E-state index in [1.807, 2.05) is 0 Å². The molecule has 1 aromatic rings. The van der Waals surface area contributed by atoms with Crippen LogP contribution in [0, 0.1) is 6.92 Å². The van der Waals surface area contributed by atoms with Crippen LogP contribution in [-0.4, -0.2) is 29.9 Å². The fourth-order valence-corrected chi connectivity index (χ4v) is 1.96. The van der Waals surface area contributed by atoms with Crippen molar-refractivity contribution in [1.29, 1.82) is 0 Å². The molecule has 0 aliphatic heterocycles. The van der Waals surface area contributed by atoms with Gasteiger partial charge in [0.05, 0.1) is 5.69 Å². The van der Waals surface area contributed by atoms with Crippen LogP contribution in [0.2, 0.25) is 0 Å². The van der Waals surface area contributed by atoms with Crippen LogP contribution >= 0.6 is 0 Å². The normalized spacial score (nSPS) is 13.1. The molecule has 0 bridgehead atoms. The summed E-state index contributed by atoms with van der Waals surface area (Å²) < 4.78 is 25.2. The quantitative estimate of drug-likeness (QED) is 0.745. The minimum Gasteiger partial charge on any atom is -0.508 e. The summed E-state index contributed by atoms with van der Waals surface area (Å²) in [6.45, 7) is 2.73. The molecule has 0 saturated heterocycles. The number of phenols is 1. The van der Waals surface area contributed by atoms with Crippen molar-refractivity contribution in [3.63, 3.8) is 0 Å². The number of hydrogen-bond donors (Lipinski definition) is 3. The first-order chi connectivity index (χ1) is 7.74. The van der Waals surface area contributed by atoms with Crippen molar-refractivity contribution in [1.82, 2.24) is 0 Å². The van der Waals surface area contributed by atoms with E-state index in [9.17, 15) is 18.3 Å². The van der Waals surface area contributed by atoms with E-state index in [1.54, 1.807) is 6.92 Å². The lowest BCUT2D eigenvalue weighted by molar-refractivity contribution is -0.136. The fourth-order valence-electron chi connectivity index (χ4n) is 1.06. The minimum atomic E-state index is -4.00. The molecule has 0 heterocycles. The maximum Gasteiger partial charge on any atom is 0.323 e. The van der Waals surface area contributed by atoms with Crippen molar-refractivity contribution in [2.75, 3.05) is 4.72 Å². The molecule has 0 saturated carbocycles. The van der Waals surface area contributed by atoms with Crippen molar-refractivity contribution >= 4 is 21.7 Å². The standard InChI is InChI=1S/C10H13NO5S/c1-6-3-4-8(5-9(6)12)11-17(15,16)7(2)10(13)14/h3-5,7,11-12H,1-2H3,(H,13,14). The molecule has 6 nitrogen and oxygen atoms in total. The van der Waals surface area contributed by atoms with Crippen LogP contribution in [0.3, 0.4) is 0 Å². The summed E-state index contributed by atoms with van der Waals surface area (Å²) in [5.41, 5.74) is 0.723. The minimum absolute atomic E-state index is 0.0619. The number of aryl methyl sites for hydroxylation is 1. The first-order valence-corrected chi connectivity index (χ1v) is 6.32. The average molecular weight is 259 g/mol. The predicted octanol–water partition coefficient (Wildman–Crippen LogP) is 0.915. The number of carboxylic acids is 1. The van der Waals surface area contributed by atoms with Gasteiger partial charge in [-0.25, -0.2) is 8.42 Å². The number of benzene rings is 1. The van der Waals surface area contributed by atoms with Crippen LogP contribution in [0.5, 0.6) is 5.75 Å². The molecule has 1 unspecified atom stereocenters. The third-order valence-corrected chi connectivity index (χ3v) is 3.94. The van der Waals surface area contributed by atoms with Gasteiger partial charge in [-0.1, -0.05) is 6.07 Å². The second-order valence-corrected chi connectivity index (χ2v) is 5.63. The summed E-state index contributed by atoms with van der Waals surface area (Å²) in [5, 5.41) is 16.5. The molecule has 0 radical (unpaired) electrons. The number of carbonyl (C=O) groups is 1. The van der Waals surface area contributed by atoms with E-state index in [0.29, 0.717) is 5.56 Å². The lowest BCUT2D eigenvalue weighted by Gasteiger charge is -2.11. The zero-order valence-electron chi connectivity index (χ0n) is 9.34. The summed E-state index contributed by atoms with van der Waals surface area (Å²) in [4.78, 5) is 10.6. The molecule has 0 amide bonds. The molecule has 94 valence electrons. The Labute approximate surface area is 99.0 Å². The van der Waals surface area contributed by atoms with Crippen LogP contribution in [-0.2, 0) is 14.8 Å². The Morgan fingerprint density at radius 3 is 2.47 bits per heavy atom. The molecule has 0 spiro atoms. The average Bonchev–Trinajstić information content (AvgIpc) is 2.22. The van der Waals surface area contributed by atoms with Crippen LogP contribution in [0.1, 0.15) is 12.5 Å². The molecule has 1 atom stereocenters. The van der Waals surface area contributed by atoms with E-state index in [0.717, 1.165) is 6.92 Å². The third kappa shape index (κ3) is 3.10. The smallest absolute Gasteiger partial charge is 0.323 e. The van der Waals surface area contributed by atoms with Crippen molar-refractivity contribution in [3.8, 4) is 5.75 Å². The number of aromatic hydroxyl groups is 1. The van der Waals surface area contributed by atoms with Gasteiger partial charge < -0.3 is 10.2 Å². The van der Waals surface area contributed by atoms with Gasteiger partial charge >= 0.3 is 5.97 Å². The number of anilines is 1. The third-order valence-electron chi connectivity index (χ3n) is 2.28. The largest absolute Gasteiger partial charge is 0.508 e. The molecular weight excluding hydrogens is 246 g/mol. The molecule has 1 aromatic carbocycles. The number of phenolic OH excluding ortho intramolecular Hbond substituents is 1. The Bertz CT molecular complexity index is 538. The number of nitrogens with one attached hydrogen (secondary N) is 1. The highest BCUT2D eigenvalue weighted by Crippen LogP contribution is 2.22. The predicted molar refractivity (Wildman–Crippen MR) is 62.5 cm³/mol. The van der Waals surface area contributed by atoms with Crippen LogP contribution < -0.4 is 4.72 Å². The highest BCUT2D eigenvalue weighted by Gasteiger charge is 2.27. The number of sulfonamides is 1. The lowest BCUT2D eigenvalue weighted by Crippen LogP contribution is -2.32. The van der Waals surface area contributed by atoms with Gasteiger partial charge in [0, 0.05) is 6.07 Å². The Morgan fingerprint density at radius 2 is 2.00 bits per heavy atom. The number of rotatable bonds is 4. The summed E-state index contributed by atoms with van der Waals surface area (Å²) in [7, 11) is -4.00. The zero-order valence-corrected chi connectivity index (χ0v) is 10.2. The molecule has 0 aliphatic rings. The topological polar surface area (TPSA) is 104 Å². The van der Waals surface area contributed by atoms with Crippen LogP contribution in [0.25, 0.3) is 0 Å². The molecule has 3 N–H and O–H groups in total. The van der Waals surface area contributed by atoms with Crippen molar-refractivity contribution in [2.45, 2.75) is 19.1 Å². The van der Waals surface area contributed by atoms with Crippen molar-refractivity contribution in [2.24, 2.45) is 0 Å². The zero-order chi connectivity index (χ0) is 13.2. The lowest BCUT2D eigenvalue weighted by atomic mass is 10.2. The summed E-state index contributed by atoms with van der Waals surface area (Å²) in [6.07, 6.45) is 0. The van der Waals surface area contributed by atoms with Gasteiger partial charge in [0.25, 0.3) is 0 Å². The van der Waals surface area contributed by atoms with Gasteiger partial charge in [0.2, 0.25) is 10.0 Å². The number of carboxylic acid groups (broad SMARTS) is 1. The van der Waals surface area contributed by atoms with E-state index < -0.39 is 21.2 Å². The second kappa shape index (κ2) is 4.62. The van der Waals surface area contributed by atoms with Gasteiger partial charge in [-0.05, 0) is 25.5 Å². The second-order valence-electron chi connectivity index (χ2n) is 3.63. The van der Waals surface area contributed by atoms with Gasteiger partial charge in [-0.15, -0.1) is 0 Å². The van der Waals surface area contributed by atoms with Crippen molar-refractivity contribution < 1.29 is 23.4 Å². The van der Waals surface area contributed by atoms with Crippen LogP contribution in [0.4, 0.5) is 5.69 Å². The number of aliphatic carboxylic acids is 1.